The molecule has 0 saturated carbocycles. The molecule has 4 N–H and O–H groups in total. The van der Waals surface area contributed by atoms with Crippen LogP contribution in [0.5, 0.6) is 0 Å². The van der Waals surface area contributed by atoms with Crippen molar-refractivity contribution in [2.45, 2.75) is 38.8 Å². The van der Waals surface area contributed by atoms with Crippen LogP contribution in [0, 0.1) is 0 Å². The van der Waals surface area contributed by atoms with Crippen molar-refractivity contribution in [3.63, 3.8) is 0 Å². The molecule has 11 heavy (non-hydrogen) atoms. The number of rotatable bonds is 5. The summed E-state index contributed by atoms with van der Waals surface area (Å²) in [6.07, 6.45) is 1.02. The van der Waals surface area contributed by atoms with Gasteiger partial charge in [0.1, 0.15) is 0 Å². The molecule has 0 aliphatic carbocycles. The van der Waals surface area contributed by atoms with E-state index in [1.54, 1.807) is 0 Å². The molecule has 3 heteroatoms. The lowest BCUT2D eigenvalue weighted by Gasteiger charge is -2.19. The first-order chi connectivity index (χ1) is 4.95. The first-order valence-corrected chi connectivity index (χ1v) is 4.06. The van der Waals surface area contributed by atoms with E-state index in [0.29, 0.717) is 13.2 Å². The van der Waals surface area contributed by atoms with E-state index in [4.69, 9.17) is 16.2 Å². The summed E-state index contributed by atoms with van der Waals surface area (Å²) in [6, 6.07) is 0. The monoisotopic (exact) mass is 160 g/mol. The molecule has 0 bridgehead atoms. The summed E-state index contributed by atoms with van der Waals surface area (Å²) in [5.41, 5.74) is 11.0. The van der Waals surface area contributed by atoms with Gasteiger partial charge in [0.05, 0.1) is 6.10 Å². The van der Waals surface area contributed by atoms with E-state index in [1.807, 2.05) is 20.8 Å². The lowest BCUT2D eigenvalue weighted by Crippen LogP contribution is -2.34. The molecule has 0 amide bonds. The summed E-state index contributed by atoms with van der Waals surface area (Å²) in [7, 11) is 0. The number of hydrogen-bond donors (Lipinski definition) is 2. The van der Waals surface area contributed by atoms with Crippen molar-refractivity contribution in [3.05, 3.63) is 0 Å². The van der Waals surface area contributed by atoms with Gasteiger partial charge in [-0.2, -0.15) is 0 Å². The van der Waals surface area contributed by atoms with Gasteiger partial charge in [-0.3, -0.25) is 0 Å². The topological polar surface area (TPSA) is 61.3 Å². The zero-order valence-electron chi connectivity index (χ0n) is 7.76. The van der Waals surface area contributed by atoms with Crippen molar-refractivity contribution in [2.75, 3.05) is 13.2 Å². The van der Waals surface area contributed by atoms with Crippen molar-refractivity contribution in [3.8, 4) is 0 Å². The Kier molecular flexibility index (Phi) is 4.65. The van der Waals surface area contributed by atoms with Crippen molar-refractivity contribution in [1.82, 2.24) is 0 Å². The van der Waals surface area contributed by atoms with Crippen LogP contribution in [0.25, 0.3) is 0 Å². The lowest BCUT2D eigenvalue weighted by molar-refractivity contribution is 0.0616. The maximum Gasteiger partial charge on any atom is 0.0669 e. The maximum atomic E-state index is 5.75. The molecule has 0 saturated heterocycles. The summed E-state index contributed by atoms with van der Waals surface area (Å²) >= 11 is 0. The van der Waals surface area contributed by atoms with Gasteiger partial charge in [-0.15, -0.1) is 0 Å². The quantitative estimate of drug-likeness (QED) is 0.615. The van der Waals surface area contributed by atoms with Crippen LogP contribution in [-0.2, 0) is 4.74 Å². The Bertz CT molecular complexity index is 98.8. The van der Waals surface area contributed by atoms with E-state index < -0.39 is 0 Å². The number of nitrogens with two attached hydrogens (primary N) is 2. The van der Waals surface area contributed by atoms with E-state index in [9.17, 15) is 0 Å². The van der Waals surface area contributed by atoms with Crippen molar-refractivity contribution in [1.29, 1.82) is 0 Å². The molecule has 0 aromatic heterocycles. The molecular formula is C8H20N2O. The molecule has 0 fully saturated rings. The first-order valence-electron chi connectivity index (χ1n) is 4.06. The number of ether oxygens (including phenoxy) is 1. The van der Waals surface area contributed by atoms with Gasteiger partial charge in [0, 0.05) is 18.7 Å². The molecule has 0 rings (SSSR count). The molecule has 0 aromatic carbocycles. The van der Waals surface area contributed by atoms with E-state index in [-0.39, 0.29) is 11.6 Å². The SMILES string of the molecule is CC(CN)OCCC(C)(C)N. The lowest BCUT2D eigenvalue weighted by atomic mass is 10.0. The molecule has 68 valence electrons. The fraction of sp³-hybridized carbons (Fsp3) is 1.00. The average Bonchev–Trinajstić information content (AvgIpc) is 1.85. The summed E-state index contributed by atoms with van der Waals surface area (Å²) in [6.45, 7) is 7.21. The predicted octanol–water partition coefficient (Wildman–Crippen LogP) is 0.478. The Morgan fingerprint density at radius 2 is 2.00 bits per heavy atom. The molecule has 0 spiro atoms. The normalized spacial score (nSPS) is 15.0. The fourth-order valence-corrected chi connectivity index (χ4v) is 0.591. The van der Waals surface area contributed by atoms with E-state index in [0.717, 1.165) is 6.42 Å². The maximum absolute atomic E-state index is 5.75. The molecule has 0 aliphatic rings. The Morgan fingerprint density at radius 3 is 2.36 bits per heavy atom. The van der Waals surface area contributed by atoms with E-state index >= 15 is 0 Å². The first kappa shape index (κ1) is 10.9. The largest absolute Gasteiger partial charge is 0.377 e. The standard InChI is InChI=1S/C8H20N2O/c1-7(6-9)11-5-4-8(2,3)10/h7H,4-6,9-10H2,1-3H3. The highest BCUT2D eigenvalue weighted by Crippen LogP contribution is 2.03. The van der Waals surface area contributed by atoms with Crippen molar-refractivity contribution >= 4 is 0 Å². The van der Waals surface area contributed by atoms with Crippen LogP contribution >= 0.6 is 0 Å². The highest BCUT2D eigenvalue weighted by Gasteiger charge is 2.10. The molecule has 0 radical (unpaired) electrons. The number of hydrogen-bond acceptors (Lipinski definition) is 3. The van der Waals surface area contributed by atoms with Crippen LogP contribution in [0.1, 0.15) is 27.2 Å². The molecule has 0 aliphatic heterocycles. The average molecular weight is 160 g/mol. The zero-order valence-corrected chi connectivity index (χ0v) is 7.76. The van der Waals surface area contributed by atoms with Gasteiger partial charge >= 0.3 is 0 Å². The molecule has 1 unspecified atom stereocenters. The summed E-state index contributed by atoms with van der Waals surface area (Å²) in [5, 5.41) is 0. The third-order valence-corrected chi connectivity index (χ3v) is 1.48. The molecule has 3 nitrogen and oxygen atoms in total. The molecule has 1 atom stereocenters. The second kappa shape index (κ2) is 4.70. The predicted molar refractivity (Wildman–Crippen MR) is 47.4 cm³/mol. The highest BCUT2D eigenvalue weighted by atomic mass is 16.5. The summed E-state index contributed by atoms with van der Waals surface area (Å²) < 4.78 is 5.36. The van der Waals surface area contributed by atoms with Gasteiger partial charge in [0.15, 0.2) is 0 Å². The van der Waals surface area contributed by atoms with E-state index in [2.05, 4.69) is 0 Å². The van der Waals surface area contributed by atoms with Crippen molar-refractivity contribution < 1.29 is 4.74 Å². The Hall–Kier alpha value is -0.120. The minimum absolute atomic E-state index is 0.131. The van der Waals surface area contributed by atoms with Gasteiger partial charge in [0.25, 0.3) is 0 Å². The van der Waals surface area contributed by atoms with Crippen molar-refractivity contribution in [2.24, 2.45) is 11.5 Å². The van der Waals surface area contributed by atoms with Crippen LogP contribution < -0.4 is 11.5 Å². The van der Waals surface area contributed by atoms with Crippen LogP contribution in [0.2, 0.25) is 0 Å². The minimum atomic E-state index is -0.131. The van der Waals surface area contributed by atoms with Gasteiger partial charge in [0.2, 0.25) is 0 Å². The van der Waals surface area contributed by atoms with Gasteiger partial charge in [-0.1, -0.05) is 0 Å². The van der Waals surface area contributed by atoms with Crippen LogP contribution in [0.4, 0.5) is 0 Å². The molecule has 0 heterocycles. The Labute approximate surface area is 69.1 Å². The minimum Gasteiger partial charge on any atom is -0.377 e. The Balaban J connectivity index is 3.28. The van der Waals surface area contributed by atoms with Gasteiger partial charge in [-0.05, 0) is 27.2 Å². The fourth-order valence-electron chi connectivity index (χ4n) is 0.591. The van der Waals surface area contributed by atoms with Crippen LogP contribution in [0.3, 0.4) is 0 Å². The van der Waals surface area contributed by atoms with Gasteiger partial charge < -0.3 is 16.2 Å². The third-order valence-electron chi connectivity index (χ3n) is 1.48. The zero-order chi connectivity index (χ0) is 8.91. The second-order valence-electron chi connectivity index (χ2n) is 3.66. The summed E-state index contributed by atoms with van der Waals surface area (Å²) in [5.74, 6) is 0. The summed E-state index contributed by atoms with van der Waals surface area (Å²) in [4.78, 5) is 0. The smallest absolute Gasteiger partial charge is 0.0669 e. The highest BCUT2D eigenvalue weighted by molar-refractivity contribution is 4.70. The van der Waals surface area contributed by atoms with E-state index in [1.165, 1.54) is 0 Å². The molecule has 0 aromatic rings. The Morgan fingerprint density at radius 1 is 1.45 bits per heavy atom. The van der Waals surface area contributed by atoms with Crippen LogP contribution in [-0.4, -0.2) is 24.8 Å². The second-order valence-corrected chi connectivity index (χ2v) is 3.66. The van der Waals surface area contributed by atoms with Gasteiger partial charge in [-0.25, -0.2) is 0 Å². The van der Waals surface area contributed by atoms with Crippen LogP contribution in [0.15, 0.2) is 0 Å². The molecular weight excluding hydrogens is 140 g/mol. The third kappa shape index (κ3) is 7.78.